The molecule has 1 aromatic carbocycles. The number of phenols is 1. The lowest BCUT2D eigenvalue weighted by molar-refractivity contribution is -0.132. The van der Waals surface area contributed by atoms with E-state index >= 15 is 0 Å². The van der Waals surface area contributed by atoms with E-state index in [2.05, 4.69) is 13.5 Å². The summed E-state index contributed by atoms with van der Waals surface area (Å²) in [6.07, 6.45) is 4.00. The number of hydrogen-bond acceptors (Lipinski definition) is 6. The molecule has 0 saturated carbocycles. The van der Waals surface area contributed by atoms with Crippen LogP contribution in [0.5, 0.6) is 5.75 Å². The number of Topliss-reactive ketones (excluding diaryl/α,β-unsaturated/α-hetero) is 3. The molecule has 0 fully saturated rings. The van der Waals surface area contributed by atoms with Crippen LogP contribution >= 0.6 is 0 Å². The second kappa shape index (κ2) is 10.1. The number of fused-ring (bicyclic) bond motifs is 3. The molecule has 216 valence electrons. The fourth-order valence-electron chi connectivity index (χ4n) is 7.87. The van der Waals surface area contributed by atoms with Gasteiger partial charge in [0.05, 0.1) is 11.1 Å². The van der Waals surface area contributed by atoms with E-state index in [1.165, 1.54) is 0 Å². The summed E-state index contributed by atoms with van der Waals surface area (Å²) in [5, 5.41) is 35.1. The number of benzene rings is 1. The lowest BCUT2D eigenvalue weighted by atomic mass is 9.47. The second-order valence-electron chi connectivity index (χ2n) is 13.3. The number of rotatable bonds is 8. The third-order valence-electron chi connectivity index (χ3n) is 9.62. The number of ketones is 3. The van der Waals surface area contributed by atoms with Gasteiger partial charge in [-0.2, -0.15) is 0 Å². The maximum absolute atomic E-state index is 14.4. The van der Waals surface area contributed by atoms with Crippen LogP contribution in [-0.2, 0) is 22.4 Å². The maximum atomic E-state index is 14.4. The summed E-state index contributed by atoms with van der Waals surface area (Å²) in [5.41, 5.74) is -0.342. The predicted molar refractivity (Wildman–Crippen MR) is 156 cm³/mol. The molecule has 3 atom stereocenters. The highest BCUT2D eigenvalue weighted by Crippen LogP contribution is 2.63. The average Bonchev–Trinajstić information content (AvgIpc) is 2.82. The molecule has 0 bridgehead atoms. The van der Waals surface area contributed by atoms with E-state index in [1.807, 2.05) is 26.8 Å². The molecule has 6 heteroatoms. The van der Waals surface area contributed by atoms with Crippen LogP contribution in [0.4, 0.5) is 0 Å². The molecular weight excluding hydrogens is 504 g/mol. The fraction of sp³-hybridized carbons (Fsp3) is 0.559. The first-order chi connectivity index (χ1) is 18.5. The highest BCUT2D eigenvalue weighted by Gasteiger charge is 2.64. The molecule has 3 aliphatic carbocycles. The third-order valence-corrected chi connectivity index (χ3v) is 9.62. The van der Waals surface area contributed by atoms with Crippen LogP contribution in [-0.4, -0.2) is 38.3 Å². The Morgan fingerprint density at radius 3 is 2.35 bits per heavy atom. The van der Waals surface area contributed by atoms with Crippen molar-refractivity contribution in [3.63, 3.8) is 0 Å². The molecule has 0 heterocycles. The van der Waals surface area contributed by atoms with E-state index < -0.39 is 28.0 Å². The number of hydrogen-bond donors (Lipinski definition) is 3. The van der Waals surface area contributed by atoms with Gasteiger partial charge in [0.25, 0.3) is 0 Å². The van der Waals surface area contributed by atoms with Crippen molar-refractivity contribution in [3.05, 3.63) is 63.0 Å². The Bertz CT molecular complexity index is 1390. The largest absolute Gasteiger partial charge is 0.508 e. The number of aliphatic hydroxyl groups excluding tert-OH is 1. The van der Waals surface area contributed by atoms with E-state index in [0.29, 0.717) is 41.5 Å². The van der Waals surface area contributed by atoms with Crippen LogP contribution in [0.1, 0.15) is 120 Å². The Morgan fingerprint density at radius 2 is 1.77 bits per heavy atom. The monoisotopic (exact) mass is 548 g/mol. The highest BCUT2D eigenvalue weighted by atomic mass is 16.3. The Balaban J connectivity index is 1.94. The van der Waals surface area contributed by atoms with E-state index in [1.54, 1.807) is 20.8 Å². The summed E-state index contributed by atoms with van der Waals surface area (Å²) < 4.78 is 0. The molecule has 3 N–H and O–H groups in total. The van der Waals surface area contributed by atoms with Gasteiger partial charge >= 0.3 is 0 Å². The van der Waals surface area contributed by atoms with Gasteiger partial charge in [-0.1, -0.05) is 60.1 Å². The van der Waals surface area contributed by atoms with E-state index in [0.717, 1.165) is 30.4 Å². The molecule has 0 radical (unpaired) electrons. The number of carbonyl (C=O) groups is 3. The topological polar surface area (TPSA) is 112 Å². The SMILES string of the molecule is C=C(C)C1=C(O)[C@]2(O)C(C)=C3C(=O)c4c(O)c(CC(=O)CCCCC)cc(C(C)C)c4C[C@]3(C)C[C@]2(C)CC1=O. The van der Waals surface area contributed by atoms with Gasteiger partial charge in [0, 0.05) is 41.2 Å². The lowest BCUT2D eigenvalue weighted by Crippen LogP contribution is -2.60. The number of aliphatic hydroxyl groups is 2. The standard InChI is InChI=1S/C34H44O6/c1-9-10-11-12-22(35)13-21-14-23(18(2)3)24-15-32(7)17-33(8)16-25(36)26(19(4)5)31(39)34(33,40)20(6)28(32)30(38)27(24)29(21)37/h14,18,37,39-40H,4,9-13,15-17H2,1-3,5-8H3/t32-,33+,34-/m1/s1. The Kier molecular flexibility index (Phi) is 7.59. The van der Waals surface area contributed by atoms with Gasteiger partial charge in [-0.15, -0.1) is 0 Å². The van der Waals surface area contributed by atoms with E-state index in [9.17, 15) is 29.7 Å². The molecule has 4 rings (SSSR count). The molecule has 6 nitrogen and oxygen atoms in total. The molecular formula is C34H44O6. The van der Waals surface area contributed by atoms with Crippen LogP contribution < -0.4 is 0 Å². The first kappa shape index (κ1) is 30.0. The zero-order valence-electron chi connectivity index (χ0n) is 25.1. The summed E-state index contributed by atoms with van der Waals surface area (Å²) in [6, 6.07) is 1.88. The molecule has 0 saturated heterocycles. The summed E-state index contributed by atoms with van der Waals surface area (Å²) in [6.45, 7) is 17.0. The van der Waals surface area contributed by atoms with Crippen LogP contribution in [0.25, 0.3) is 0 Å². The molecule has 1 aromatic rings. The molecule has 0 unspecified atom stereocenters. The molecule has 0 spiro atoms. The maximum Gasteiger partial charge on any atom is 0.193 e. The van der Waals surface area contributed by atoms with Crippen molar-refractivity contribution < 1.29 is 29.7 Å². The third kappa shape index (κ3) is 4.30. The van der Waals surface area contributed by atoms with Crippen molar-refractivity contribution >= 4 is 17.3 Å². The van der Waals surface area contributed by atoms with Gasteiger partial charge in [0.1, 0.15) is 22.9 Å². The Morgan fingerprint density at radius 1 is 1.12 bits per heavy atom. The van der Waals surface area contributed by atoms with Crippen LogP contribution in [0.2, 0.25) is 0 Å². The minimum Gasteiger partial charge on any atom is -0.508 e. The lowest BCUT2D eigenvalue weighted by Gasteiger charge is -2.58. The molecule has 3 aliphatic rings. The average molecular weight is 549 g/mol. The summed E-state index contributed by atoms with van der Waals surface area (Å²) >= 11 is 0. The summed E-state index contributed by atoms with van der Waals surface area (Å²) in [7, 11) is 0. The number of unbranched alkanes of at least 4 members (excludes halogenated alkanes) is 2. The first-order valence-electron chi connectivity index (χ1n) is 14.5. The highest BCUT2D eigenvalue weighted by molar-refractivity contribution is 6.15. The molecule has 40 heavy (non-hydrogen) atoms. The van der Waals surface area contributed by atoms with Crippen molar-refractivity contribution in [2.45, 2.75) is 111 Å². The fourth-order valence-corrected chi connectivity index (χ4v) is 7.87. The normalized spacial score (nSPS) is 28.0. The van der Waals surface area contributed by atoms with Crippen molar-refractivity contribution in [1.82, 2.24) is 0 Å². The first-order valence-corrected chi connectivity index (χ1v) is 14.5. The van der Waals surface area contributed by atoms with Gasteiger partial charge < -0.3 is 15.3 Å². The predicted octanol–water partition coefficient (Wildman–Crippen LogP) is 6.77. The van der Waals surface area contributed by atoms with Gasteiger partial charge in [-0.25, -0.2) is 0 Å². The molecule has 0 aliphatic heterocycles. The minimum absolute atomic E-state index is 0.0123. The number of carbonyl (C=O) groups excluding carboxylic acids is 3. The van der Waals surface area contributed by atoms with E-state index in [-0.39, 0.29) is 47.2 Å². The van der Waals surface area contributed by atoms with Crippen LogP contribution in [0.3, 0.4) is 0 Å². The number of allylic oxidation sites excluding steroid dienone is 3. The zero-order valence-corrected chi connectivity index (χ0v) is 25.1. The summed E-state index contributed by atoms with van der Waals surface area (Å²) in [4.78, 5) is 40.3. The van der Waals surface area contributed by atoms with Crippen molar-refractivity contribution in [1.29, 1.82) is 0 Å². The van der Waals surface area contributed by atoms with Crippen LogP contribution in [0.15, 0.2) is 40.7 Å². The van der Waals surface area contributed by atoms with Gasteiger partial charge in [-0.05, 0) is 61.3 Å². The minimum atomic E-state index is -1.93. The van der Waals surface area contributed by atoms with Crippen LogP contribution in [0, 0.1) is 10.8 Å². The van der Waals surface area contributed by atoms with Gasteiger partial charge in [0.15, 0.2) is 11.6 Å². The quantitative estimate of drug-likeness (QED) is 0.309. The zero-order chi connectivity index (χ0) is 29.9. The van der Waals surface area contributed by atoms with E-state index in [4.69, 9.17) is 0 Å². The molecule has 0 amide bonds. The Labute approximate surface area is 237 Å². The smallest absolute Gasteiger partial charge is 0.193 e. The Hall–Kier alpha value is -2.99. The van der Waals surface area contributed by atoms with Crippen molar-refractivity contribution in [3.8, 4) is 5.75 Å². The number of aromatic hydroxyl groups is 1. The van der Waals surface area contributed by atoms with Crippen molar-refractivity contribution in [2.75, 3.05) is 0 Å². The second-order valence-corrected chi connectivity index (χ2v) is 13.3. The van der Waals surface area contributed by atoms with Gasteiger partial charge in [-0.3, -0.25) is 14.4 Å². The molecule has 0 aromatic heterocycles. The number of phenolic OH excluding ortho intramolecular Hbond substituents is 1. The summed E-state index contributed by atoms with van der Waals surface area (Å²) in [5.74, 6) is -1.21. The van der Waals surface area contributed by atoms with Gasteiger partial charge in [0.2, 0.25) is 0 Å². The van der Waals surface area contributed by atoms with Crippen molar-refractivity contribution in [2.24, 2.45) is 10.8 Å².